The summed E-state index contributed by atoms with van der Waals surface area (Å²) in [4.78, 5) is 3.93. The summed E-state index contributed by atoms with van der Waals surface area (Å²) in [7, 11) is 0. The third-order valence-corrected chi connectivity index (χ3v) is 2.66. The average molecular weight is 244 g/mol. The lowest BCUT2D eigenvalue weighted by molar-refractivity contribution is 0.424. The molecule has 4 heteroatoms. The number of aromatic nitrogens is 3. The molecule has 0 radical (unpaired) electrons. The summed E-state index contributed by atoms with van der Waals surface area (Å²) < 4.78 is 1.82. The van der Waals surface area contributed by atoms with Crippen LogP contribution in [0.1, 0.15) is 31.9 Å². The number of rotatable bonds is 4. The highest BCUT2D eigenvalue weighted by atomic mass is 15.3. The maximum absolute atomic E-state index is 4.10. The van der Waals surface area contributed by atoms with Gasteiger partial charge in [-0.25, -0.2) is 9.67 Å². The molecule has 2 rings (SSSR count). The molecule has 0 saturated heterocycles. The van der Waals surface area contributed by atoms with Crippen LogP contribution in [-0.2, 0) is 13.1 Å². The second kappa shape index (κ2) is 5.31. The molecule has 0 bridgehead atoms. The number of nitrogens with one attached hydrogen (secondary N) is 1. The minimum atomic E-state index is 0.152. The molecule has 18 heavy (non-hydrogen) atoms. The largest absolute Gasteiger partial charge is 0.308 e. The van der Waals surface area contributed by atoms with Crippen molar-refractivity contribution in [2.45, 2.75) is 39.4 Å². The van der Waals surface area contributed by atoms with Crippen molar-refractivity contribution in [3.63, 3.8) is 0 Å². The average Bonchev–Trinajstić information content (AvgIpc) is 2.80. The zero-order valence-electron chi connectivity index (χ0n) is 11.2. The Hall–Kier alpha value is -1.68. The molecule has 0 unspecified atom stereocenters. The Morgan fingerprint density at radius 1 is 1.11 bits per heavy atom. The van der Waals surface area contributed by atoms with Crippen LogP contribution in [0.25, 0.3) is 0 Å². The van der Waals surface area contributed by atoms with Gasteiger partial charge in [-0.1, -0.05) is 24.3 Å². The summed E-state index contributed by atoms with van der Waals surface area (Å²) in [6, 6.07) is 8.60. The van der Waals surface area contributed by atoms with Gasteiger partial charge in [-0.3, -0.25) is 0 Å². The van der Waals surface area contributed by atoms with Gasteiger partial charge in [0.1, 0.15) is 12.7 Å². The van der Waals surface area contributed by atoms with Crippen molar-refractivity contribution >= 4 is 0 Å². The van der Waals surface area contributed by atoms with Crippen molar-refractivity contribution in [2.75, 3.05) is 0 Å². The highest BCUT2D eigenvalue weighted by molar-refractivity contribution is 5.22. The molecule has 2 aromatic rings. The Morgan fingerprint density at radius 2 is 1.78 bits per heavy atom. The van der Waals surface area contributed by atoms with Crippen LogP contribution in [0.5, 0.6) is 0 Å². The van der Waals surface area contributed by atoms with Gasteiger partial charge >= 0.3 is 0 Å². The first-order chi connectivity index (χ1) is 8.53. The van der Waals surface area contributed by atoms with E-state index >= 15 is 0 Å². The normalized spacial score (nSPS) is 11.7. The summed E-state index contributed by atoms with van der Waals surface area (Å²) in [6.45, 7) is 8.18. The van der Waals surface area contributed by atoms with Crippen LogP contribution in [0.15, 0.2) is 36.9 Å². The van der Waals surface area contributed by atoms with Crippen LogP contribution in [0, 0.1) is 0 Å². The van der Waals surface area contributed by atoms with Gasteiger partial charge in [-0.15, -0.1) is 0 Å². The van der Waals surface area contributed by atoms with Crippen LogP contribution < -0.4 is 5.32 Å². The van der Waals surface area contributed by atoms with E-state index in [-0.39, 0.29) is 5.54 Å². The highest BCUT2D eigenvalue weighted by Crippen LogP contribution is 2.07. The molecule has 1 aromatic carbocycles. The van der Waals surface area contributed by atoms with E-state index in [0.717, 1.165) is 13.1 Å². The Morgan fingerprint density at radius 3 is 2.33 bits per heavy atom. The third kappa shape index (κ3) is 3.96. The first kappa shape index (κ1) is 12.8. The molecule has 1 heterocycles. The summed E-state index contributed by atoms with van der Waals surface area (Å²) >= 11 is 0. The summed E-state index contributed by atoms with van der Waals surface area (Å²) in [6.07, 6.45) is 3.29. The van der Waals surface area contributed by atoms with Crippen molar-refractivity contribution in [1.29, 1.82) is 0 Å². The van der Waals surface area contributed by atoms with Gasteiger partial charge in [0, 0.05) is 12.1 Å². The Balaban J connectivity index is 1.93. The van der Waals surface area contributed by atoms with E-state index in [1.165, 1.54) is 11.1 Å². The van der Waals surface area contributed by atoms with Crippen LogP contribution in [-0.4, -0.2) is 20.3 Å². The van der Waals surface area contributed by atoms with E-state index in [1.807, 2.05) is 4.68 Å². The van der Waals surface area contributed by atoms with Crippen LogP contribution >= 0.6 is 0 Å². The van der Waals surface area contributed by atoms with Gasteiger partial charge in [-0.2, -0.15) is 5.10 Å². The first-order valence-electron chi connectivity index (χ1n) is 6.18. The summed E-state index contributed by atoms with van der Waals surface area (Å²) in [5.41, 5.74) is 2.69. The Labute approximate surface area is 108 Å². The Kier molecular flexibility index (Phi) is 3.77. The molecular formula is C14H20N4. The molecule has 0 spiro atoms. The molecule has 96 valence electrons. The SMILES string of the molecule is CC(C)(C)NCc1ccc(Cn2cncn2)cc1. The van der Waals surface area contributed by atoms with Gasteiger partial charge in [0.05, 0.1) is 6.54 Å². The molecule has 0 fully saturated rings. The van der Waals surface area contributed by atoms with E-state index in [1.54, 1.807) is 12.7 Å². The minimum absolute atomic E-state index is 0.152. The lowest BCUT2D eigenvalue weighted by Gasteiger charge is -2.20. The predicted molar refractivity (Wildman–Crippen MR) is 72.2 cm³/mol. The van der Waals surface area contributed by atoms with Crippen molar-refractivity contribution in [3.05, 3.63) is 48.0 Å². The minimum Gasteiger partial charge on any atom is -0.308 e. The fourth-order valence-corrected chi connectivity index (χ4v) is 1.63. The van der Waals surface area contributed by atoms with Gasteiger partial charge in [0.2, 0.25) is 0 Å². The zero-order valence-corrected chi connectivity index (χ0v) is 11.2. The van der Waals surface area contributed by atoms with Crippen molar-refractivity contribution in [1.82, 2.24) is 20.1 Å². The molecular weight excluding hydrogens is 224 g/mol. The van der Waals surface area contributed by atoms with E-state index in [2.05, 4.69) is 60.4 Å². The number of hydrogen-bond acceptors (Lipinski definition) is 3. The fourth-order valence-electron chi connectivity index (χ4n) is 1.63. The summed E-state index contributed by atoms with van der Waals surface area (Å²) in [5.74, 6) is 0. The van der Waals surface area contributed by atoms with Crippen LogP contribution in [0.3, 0.4) is 0 Å². The molecule has 0 atom stereocenters. The van der Waals surface area contributed by atoms with Crippen LogP contribution in [0.2, 0.25) is 0 Å². The smallest absolute Gasteiger partial charge is 0.137 e. The maximum atomic E-state index is 4.10. The zero-order chi connectivity index (χ0) is 13.0. The van der Waals surface area contributed by atoms with Gasteiger partial charge in [0.15, 0.2) is 0 Å². The highest BCUT2D eigenvalue weighted by Gasteiger charge is 2.08. The van der Waals surface area contributed by atoms with Crippen molar-refractivity contribution < 1.29 is 0 Å². The number of hydrogen-bond donors (Lipinski definition) is 1. The number of benzene rings is 1. The molecule has 1 aromatic heterocycles. The molecule has 1 N–H and O–H groups in total. The second-order valence-corrected chi connectivity index (χ2v) is 5.51. The monoisotopic (exact) mass is 244 g/mol. The topological polar surface area (TPSA) is 42.7 Å². The van der Waals surface area contributed by atoms with E-state index in [4.69, 9.17) is 0 Å². The van der Waals surface area contributed by atoms with Crippen molar-refractivity contribution in [2.24, 2.45) is 0 Å². The third-order valence-electron chi connectivity index (χ3n) is 2.66. The van der Waals surface area contributed by atoms with Gasteiger partial charge in [0.25, 0.3) is 0 Å². The van der Waals surface area contributed by atoms with E-state index in [9.17, 15) is 0 Å². The number of nitrogens with zero attached hydrogens (tertiary/aromatic N) is 3. The predicted octanol–water partition coefficient (Wildman–Crippen LogP) is 2.21. The molecule has 0 saturated carbocycles. The maximum Gasteiger partial charge on any atom is 0.137 e. The van der Waals surface area contributed by atoms with Gasteiger partial charge in [-0.05, 0) is 31.9 Å². The standard InChI is InChI=1S/C14H20N4/c1-14(2,3)16-8-12-4-6-13(7-5-12)9-18-11-15-10-17-18/h4-7,10-11,16H,8-9H2,1-3H3. The van der Waals surface area contributed by atoms with Crippen LogP contribution in [0.4, 0.5) is 0 Å². The molecule has 0 amide bonds. The van der Waals surface area contributed by atoms with E-state index in [0.29, 0.717) is 0 Å². The molecule has 0 aliphatic carbocycles. The molecule has 0 aliphatic heterocycles. The lowest BCUT2D eigenvalue weighted by atomic mass is 10.1. The fraction of sp³-hybridized carbons (Fsp3) is 0.429. The first-order valence-corrected chi connectivity index (χ1v) is 6.18. The lowest BCUT2D eigenvalue weighted by Crippen LogP contribution is -2.35. The van der Waals surface area contributed by atoms with Crippen molar-refractivity contribution in [3.8, 4) is 0 Å². The quantitative estimate of drug-likeness (QED) is 0.896. The molecule has 0 aliphatic rings. The summed E-state index contributed by atoms with van der Waals surface area (Å²) in [5, 5.41) is 7.57. The molecule has 4 nitrogen and oxygen atoms in total. The van der Waals surface area contributed by atoms with Gasteiger partial charge < -0.3 is 5.32 Å². The second-order valence-electron chi connectivity index (χ2n) is 5.51. The Bertz CT molecular complexity index is 465. The van der Waals surface area contributed by atoms with E-state index < -0.39 is 0 Å².